The van der Waals surface area contributed by atoms with Crippen LogP contribution in [0.15, 0.2) is 24.3 Å². The molecule has 2 aliphatic heterocycles. The van der Waals surface area contributed by atoms with Crippen molar-refractivity contribution in [3.05, 3.63) is 35.4 Å². The van der Waals surface area contributed by atoms with Crippen LogP contribution in [0.3, 0.4) is 0 Å². The number of amides is 1. The SMILES string of the molecule is NC(=O)C1CCN(Cc2ccc(CCN3CCCCC3)cc2)CC1. The quantitative estimate of drug-likeness (QED) is 0.872. The summed E-state index contributed by atoms with van der Waals surface area (Å²) in [4.78, 5) is 16.3. The van der Waals surface area contributed by atoms with Crippen molar-refractivity contribution < 1.29 is 4.79 Å². The Bertz CT molecular complexity index is 514. The van der Waals surface area contributed by atoms with Gasteiger partial charge in [0, 0.05) is 19.0 Å². The molecule has 24 heavy (non-hydrogen) atoms. The van der Waals surface area contributed by atoms with Crippen LogP contribution in [0.1, 0.15) is 43.2 Å². The number of primary amides is 1. The first-order chi connectivity index (χ1) is 11.7. The Kier molecular flexibility index (Phi) is 6.27. The molecule has 1 aromatic rings. The van der Waals surface area contributed by atoms with Gasteiger partial charge in [-0.05, 0) is 69.4 Å². The lowest BCUT2D eigenvalue weighted by molar-refractivity contribution is -0.123. The van der Waals surface area contributed by atoms with Crippen molar-refractivity contribution in [1.29, 1.82) is 0 Å². The molecule has 0 atom stereocenters. The summed E-state index contributed by atoms with van der Waals surface area (Å²) in [6.07, 6.45) is 7.11. The minimum atomic E-state index is -0.132. The number of hydrogen-bond acceptors (Lipinski definition) is 3. The van der Waals surface area contributed by atoms with Crippen molar-refractivity contribution in [1.82, 2.24) is 9.80 Å². The Morgan fingerprint density at radius 2 is 1.54 bits per heavy atom. The van der Waals surface area contributed by atoms with Gasteiger partial charge in [-0.15, -0.1) is 0 Å². The van der Waals surface area contributed by atoms with Crippen LogP contribution in [0.5, 0.6) is 0 Å². The normalized spacial score (nSPS) is 21.0. The summed E-state index contributed by atoms with van der Waals surface area (Å²) < 4.78 is 0. The fraction of sp³-hybridized carbons (Fsp3) is 0.650. The highest BCUT2D eigenvalue weighted by Crippen LogP contribution is 2.19. The number of hydrogen-bond donors (Lipinski definition) is 1. The van der Waals surface area contributed by atoms with Gasteiger partial charge < -0.3 is 10.6 Å². The Morgan fingerprint density at radius 1 is 0.917 bits per heavy atom. The van der Waals surface area contributed by atoms with Gasteiger partial charge in [-0.3, -0.25) is 9.69 Å². The van der Waals surface area contributed by atoms with Gasteiger partial charge in [-0.2, -0.15) is 0 Å². The molecule has 0 aliphatic carbocycles. The van der Waals surface area contributed by atoms with Crippen molar-refractivity contribution in [2.75, 3.05) is 32.7 Å². The molecule has 0 radical (unpaired) electrons. The summed E-state index contributed by atoms with van der Waals surface area (Å²) in [5.74, 6) is -0.0499. The summed E-state index contributed by atoms with van der Waals surface area (Å²) in [6.45, 7) is 6.69. The van der Waals surface area contributed by atoms with E-state index in [0.29, 0.717) is 0 Å². The van der Waals surface area contributed by atoms with Crippen molar-refractivity contribution in [3.8, 4) is 0 Å². The van der Waals surface area contributed by atoms with Crippen LogP contribution in [0.4, 0.5) is 0 Å². The summed E-state index contributed by atoms with van der Waals surface area (Å²) in [7, 11) is 0. The molecule has 1 amide bonds. The lowest BCUT2D eigenvalue weighted by atomic mass is 9.96. The average molecular weight is 329 g/mol. The number of benzene rings is 1. The van der Waals surface area contributed by atoms with E-state index in [1.165, 1.54) is 50.0 Å². The average Bonchev–Trinajstić information content (AvgIpc) is 2.62. The van der Waals surface area contributed by atoms with Crippen LogP contribution in [0, 0.1) is 5.92 Å². The molecule has 2 saturated heterocycles. The van der Waals surface area contributed by atoms with Crippen LogP contribution >= 0.6 is 0 Å². The molecule has 3 rings (SSSR count). The zero-order valence-corrected chi connectivity index (χ0v) is 14.8. The van der Waals surface area contributed by atoms with Crippen molar-refractivity contribution in [2.45, 2.75) is 45.1 Å². The number of piperidine rings is 2. The lowest BCUT2D eigenvalue weighted by Gasteiger charge is -2.30. The molecular weight excluding hydrogens is 298 g/mol. The zero-order chi connectivity index (χ0) is 16.8. The zero-order valence-electron chi connectivity index (χ0n) is 14.8. The first-order valence-electron chi connectivity index (χ1n) is 9.52. The van der Waals surface area contributed by atoms with Gasteiger partial charge in [-0.25, -0.2) is 0 Å². The second-order valence-corrected chi connectivity index (χ2v) is 7.42. The second-order valence-electron chi connectivity index (χ2n) is 7.42. The van der Waals surface area contributed by atoms with Gasteiger partial charge in [0.15, 0.2) is 0 Å². The Balaban J connectivity index is 1.42. The maximum absolute atomic E-state index is 11.2. The number of nitrogens with zero attached hydrogens (tertiary/aromatic N) is 2. The molecule has 0 unspecified atom stereocenters. The minimum absolute atomic E-state index is 0.0819. The van der Waals surface area contributed by atoms with Gasteiger partial charge in [-0.1, -0.05) is 30.7 Å². The highest BCUT2D eigenvalue weighted by molar-refractivity contribution is 5.76. The Hall–Kier alpha value is -1.39. The number of rotatable bonds is 6. The molecule has 2 N–H and O–H groups in total. The fourth-order valence-electron chi connectivity index (χ4n) is 3.92. The highest BCUT2D eigenvalue weighted by atomic mass is 16.1. The van der Waals surface area contributed by atoms with Gasteiger partial charge in [0.25, 0.3) is 0 Å². The van der Waals surface area contributed by atoms with E-state index in [1.807, 2.05) is 0 Å². The van der Waals surface area contributed by atoms with Crippen LogP contribution < -0.4 is 5.73 Å². The number of carbonyl (C=O) groups excluding carboxylic acids is 1. The molecule has 0 saturated carbocycles. The molecule has 132 valence electrons. The molecule has 0 aromatic heterocycles. The monoisotopic (exact) mass is 329 g/mol. The van der Waals surface area contributed by atoms with E-state index in [0.717, 1.165) is 38.9 Å². The smallest absolute Gasteiger partial charge is 0.220 e. The Labute approximate surface area is 146 Å². The summed E-state index contributed by atoms with van der Waals surface area (Å²) in [5, 5.41) is 0. The minimum Gasteiger partial charge on any atom is -0.369 e. The van der Waals surface area contributed by atoms with Gasteiger partial charge in [0.1, 0.15) is 0 Å². The molecule has 2 heterocycles. The van der Waals surface area contributed by atoms with E-state index in [4.69, 9.17) is 5.73 Å². The largest absolute Gasteiger partial charge is 0.369 e. The van der Waals surface area contributed by atoms with E-state index in [2.05, 4.69) is 34.1 Å². The van der Waals surface area contributed by atoms with Gasteiger partial charge in [0.2, 0.25) is 5.91 Å². The fourth-order valence-corrected chi connectivity index (χ4v) is 3.92. The standard InChI is InChI=1S/C20H31N3O/c21-20(24)19-9-14-23(15-10-19)16-18-6-4-17(5-7-18)8-13-22-11-2-1-3-12-22/h4-7,19H,1-3,8-16H2,(H2,21,24). The predicted molar refractivity (Wildman–Crippen MR) is 97.6 cm³/mol. The molecule has 4 nitrogen and oxygen atoms in total. The third-order valence-corrected chi connectivity index (χ3v) is 5.58. The second kappa shape index (κ2) is 8.63. The lowest BCUT2D eigenvalue weighted by Crippen LogP contribution is -2.38. The van der Waals surface area contributed by atoms with Gasteiger partial charge in [0.05, 0.1) is 0 Å². The first-order valence-corrected chi connectivity index (χ1v) is 9.52. The molecule has 1 aromatic carbocycles. The van der Waals surface area contributed by atoms with Gasteiger partial charge >= 0.3 is 0 Å². The summed E-state index contributed by atoms with van der Waals surface area (Å²) in [6, 6.07) is 9.11. The maximum atomic E-state index is 11.2. The maximum Gasteiger partial charge on any atom is 0.220 e. The van der Waals surface area contributed by atoms with Crippen LogP contribution in [0.25, 0.3) is 0 Å². The Morgan fingerprint density at radius 3 is 2.17 bits per heavy atom. The van der Waals surface area contributed by atoms with Crippen LogP contribution in [-0.4, -0.2) is 48.4 Å². The van der Waals surface area contributed by atoms with E-state index in [-0.39, 0.29) is 11.8 Å². The molecule has 4 heteroatoms. The molecular formula is C20H31N3O. The van der Waals surface area contributed by atoms with E-state index in [1.54, 1.807) is 0 Å². The first kappa shape index (κ1) is 17.4. The molecule has 0 spiro atoms. The number of carbonyl (C=O) groups is 1. The molecule has 0 bridgehead atoms. The van der Waals surface area contributed by atoms with E-state index in [9.17, 15) is 4.79 Å². The number of likely N-dealkylation sites (tertiary alicyclic amines) is 2. The summed E-state index contributed by atoms with van der Waals surface area (Å²) >= 11 is 0. The third-order valence-electron chi connectivity index (χ3n) is 5.58. The van der Waals surface area contributed by atoms with E-state index < -0.39 is 0 Å². The summed E-state index contributed by atoms with van der Waals surface area (Å²) in [5.41, 5.74) is 8.21. The van der Waals surface area contributed by atoms with Crippen molar-refractivity contribution >= 4 is 5.91 Å². The highest BCUT2D eigenvalue weighted by Gasteiger charge is 2.22. The molecule has 2 fully saturated rings. The van der Waals surface area contributed by atoms with Crippen molar-refractivity contribution in [2.24, 2.45) is 11.7 Å². The van der Waals surface area contributed by atoms with Crippen LogP contribution in [0.2, 0.25) is 0 Å². The number of nitrogens with two attached hydrogens (primary N) is 1. The topological polar surface area (TPSA) is 49.6 Å². The molecule has 2 aliphatic rings. The van der Waals surface area contributed by atoms with Crippen LogP contribution in [-0.2, 0) is 17.8 Å². The van der Waals surface area contributed by atoms with E-state index >= 15 is 0 Å². The van der Waals surface area contributed by atoms with Crippen molar-refractivity contribution in [3.63, 3.8) is 0 Å². The predicted octanol–water partition coefficient (Wildman–Crippen LogP) is 2.41. The third kappa shape index (κ3) is 5.05.